The van der Waals surface area contributed by atoms with Crippen molar-refractivity contribution in [2.45, 2.75) is 45.3 Å². The predicted molar refractivity (Wildman–Crippen MR) is 82.8 cm³/mol. The number of hydrogen-bond donors (Lipinski definition) is 1. The molecule has 0 bridgehead atoms. The number of nitrogens with two attached hydrogens (primary N) is 1. The Balaban J connectivity index is 2.07. The van der Waals surface area contributed by atoms with Gasteiger partial charge in [0.05, 0.1) is 16.9 Å². The number of amides is 1. The molecule has 1 saturated heterocycles. The summed E-state index contributed by atoms with van der Waals surface area (Å²) in [5.74, 6) is -0.361. The Morgan fingerprint density at radius 1 is 1.29 bits per heavy atom. The van der Waals surface area contributed by atoms with Gasteiger partial charge < -0.3 is 15.0 Å². The number of primary amides is 1. The second kappa shape index (κ2) is 5.62. The lowest BCUT2D eigenvalue weighted by molar-refractivity contribution is -0.117. The summed E-state index contributed by atoms with van der Waals surface area (Å²) in [6, 6.07) is 3.77. The summed E-state index contributed by atoms with van der Waals surface area (Å²) < 4.78 is 11.9. The van der Waals surface area contributed by atoms with E-state index >= 15 is 0 Å². The van der Waals surface area contributed by atoms with E-state index in [0.717, 1.165) is 11.2 Å². The molecule has 0 spiro atoms. The molecule has 1 aromatic heterocycles. The van der Waals surface area contributed by atoms with E-state index in [1.807, 2.05) is 39.8 Å². The van der Waals surface area contributed by atoms with Gasteiger partial charge in [0.15, 0.2) is 0 Å². The van der Waals surface area contributed by atoms with Gasteiger partial charge in [-0.25, -0.2) is 0 Å². The van der Waals surface area contributed by atoms with Crippen LogP contribution in [0.5, 0.6) is 0 Å². The predicted octanol–water partition coefficient (Wildman–Crippen LogP) is 1.27. The lowest BCUT2D eigenvalue weighted by Gasteiger charge is -2.32. The van der Waals surface area contributed by atoms with Gasteiger partial charge >= 0.3 is 7.12 Å². The maximum atomic E-state index is 10.7. The van der Waals surface area contributed by atoms with Crippen LogP contribution in [0.15, 0.2) is 24.4 Å². The molecule has 0 saturated carbocycles. The Morgan fingerprint density at radius 2 is 1.90 bits per heavy atom. The fraction of sp³-hybridized carbons (Fsp3) is 0.467. The number of aromatic nitrogens is 1. The van der Waals surface area contributed by atoms with Crippen molar-refractivity contribution >= 4 is 24.6 Å². The molecule has 1 aliphatic rings. The lowest BCUT2D eigenvalue weighted by atomic mass is 9.80. The zero-order valence-electron chi connectivity index (χ0n) is 12.9. The average molecular weight is 288 g/mol. The highest BCUT2D eigenvalue weighted by Crippen LogP contribution is 2.36. The number of hydrogen-bond acceptors (Lipinski definition) is 4. The van der Waals surface area contributed by atoms with E-state index in [-0.39, 0.29) is 23.5 Å². The minimum absolute atomic E-state index is 0.209. The van der Waals surface area contributed by atoms with Crippen molar-refractivity contribution in [3.8, 4) is 0 Å². The Hall–Kier alpha value is -1.66. The smallest absolute Gasteiger partial charge is 0.399 e. The quantitative estimate of drug-likeness (QED) is 0.847. The number of carbonyl (C=O) groups is 1. The maximum absolute atomic E-state index is 10.7. The molecule has 21 heavy (non-hydrogen) atoms. The summed E-state index contributed by atoms with van der Waals surface area (Å²) in [6.45, 7) is 8.06. The lowest BCUT2D eigenvalue weighted by Crippen LogP contribution is -2.41. The van der Waals surface area contributed by atoms with E-state index in [4.69, 9.17) is 15.0 Å². The topological polar surface area (TPSA) is 74.4 Å². The van der Waals surface area contributed by atoms with Crippen LogP contribution < -0.4 is 11.2 Å². The zero-order chi connectivity index (χ0) is 15.7. The number of carbonyl (C=O) groups excluding carboxylic acids is 1. The highest BCUT2D eigenvalue weighted by atomic mass is 16.7. The highest BCUT2D eigenvalue weighted by Gasteiger charge is 2.51. The third-order valence-corrected chi connectivity index (χ3v) is 3.94. The minimum atomic E-state index is -0.411. The van der Waals surface area contributed by atoms with Crippen LogP contribution in [0.1, 0.15) is 39.8 Å². The summed E-state index contributed by atoms with van der Waals surface area (Å²) in [6.07, 6.45) is 5.39. The normalized spacial score (nSPS) is 20.1. The SMILES string of the molecule is CC1(C)OB(c2ccc(C=CCC(N)=O)nc2)OC1(C)C. The third-order valence-electron chi connectivity index (χ3n) is 3.94. The van der Waals surface area contributed by atoms with Crippen LogP contribution in [0.25, 0.3) is 6.08 Å². The second-order valence-electron chi connectivity index (χ2n) is 6.18. The van der Waals surface area contributed by atoms with Gasteiger partial charge in [-0.05, 0) is 39.8 Å². The van der Waals surface area contributed by atoms with E-state index in [1.54, 1.807) is 18.3 Å². The molecule has 2 heterocycles. The molecule has 1 aliphatic heterocycles. The second-order valence-corrected chi connectivity index (χ2v) is 6.18. The third kappa shape index (κ3) is 3.51. The first-order chi connectivity index (χ1) is 9.71. The molecule has 0 atom stereocenters. The van der Waals surface area contributed by atoms with Gasteiger partial charge in [0.25, 0.3) is 0 Å². The maximum Gasteiger partial charge on any atom is 0.496 e. The summed E-state index contributed by atoms with van der Waals surface area (Å²) in [4.78, 5) is 15.0. The first-order valence-electron chi connectivity index (χ1n) is 6.98. The molecule has 112 valence electrons. The van der Waals surface area contributed by atoms with Crippen molar-refractivity contribution in [1.29, 1.82) is 0 Å². The van der Waals surface area contributed by atoms with Crippen molar-refractivity contribution in [2.75, 3.05) is 0 Å². The molecule has 1 fully saturated rings. The molecule has 5 nitrogen and oxygen atoms in total. The standard InChI is InChI=1S/C15H21BN2O3/c1-14(2)15(3,4)21-16(20-14)11-8-9-12(18-10-11)6-5-7-13(17)19/h5-6,8-10H,7H2,1-4H3,(H2,17,19). The zero-order valence-corrected chi connectivity index (χ0v) is 12.9. The first kappa shape index (κ1) is 15.7. The van der Waals surface area contributed by atoms with Gasteiger partial charge in [-0.1, -0.05) is 12.1 Å². The van der Waals surface area contributed by atoms with Crippen LogP contribution in [0.4, 0.5) is 0 Å². The minimum Gasteiger partial charge on any atom is -0.399 e. The van der Waals surface area contributed by atoms with Gasteiger partial charge in [-0.3, -0.25) is 9.78 Å². The monoisotopic (exact) mass is 288 g/mol. The number of rotatable bonds is 4. The fourth-order valence-electron chi connectivity index (χ4n) is 1.93. The highest BCUT2D eigenvalue weighted by molar-refractivity contribution is 6.62. The Labute approximate surface area is 125 Å². The molecule has 0 radical (unpaired) electrons. The van der Waals surface area contributed by atoms with E-state index in [0.29, 0.717) is 0 Å². The van der Waals surface area contributed by atoms with Crippen LogP contribution in [-0.4, -0.2) is 29.2 Å². The van der Waals surface area contributed by atoms with Crippen LogP contribution >= 0.6 is 0 Å². The number of nitrogens with zero attached hydrogens (tertiary/aromatic N) is 1. The van der Waals surface area contributed by atoms with Gasteiger partial charge in [-0.15, -0.1) is 0 Å². The summed E-state index contributed by atoms with van der Waals surface area (Å²) >= 11 is 0. The van der Waals surface area contributed by atoms with Crippen molar-refractivity contribution in [3.63, 3.8) is 0 Å². The molecule has 1 amide bonds. The van der Waals surface area contributed by atoms with Crippen LogP contribution in [0.2, 0.25) is 0 Å². The Kier molecular flexibility index (Phi) is 4.21. The number of pyridine rings is 1. The molecule has 0 aliphatic carbocycles. The van der Waals surface area contributed by atoms with Gasteiger partial charge in [0.1, 0.15) is 0 Å². The van der Waals surface area contributed by atoms with Crippen molar-refractivity contribution < 1.29 is 14.1 Å². The van der Waals surface area contributed by atoms with Crippen LogP contribution in [0, 0.1) is 0 Å². The average Bonchev–Trinajstić information content (AvgIpc) is 2.59. The fourth-order valence-corrected chi connectivity index (χ4v) is 1.93. The van der Waals surface area contributed by atoms with E-state index < -0.39 is 7.12 Å². The summed E-state index contributed by atoms with van der Waals surface area (Å²) in [5, 5.41) is 0. The molecule has 1 aromatic rings. The Bertz CT molecular complexity index is 537. The molecular weight excluding hydrogens is 267 g/mol. The van der Waals surface area contributed by atoms with Crippen molar-refractivity contribution in [2.24, 2.45) is 5.73 Å². The molecule has 0 unspecified atom stereocenters. The Morgan fingerprint density at radius 3 is 2.38 bits per heavy atom. The van der Waals surface area contributed by atoms with Crippen molar-refractivity contribution in [3.05, 3.63) is 30.1 Å². The van der Waals surface area contributed by atoms with E-state index in [1.165, 1.54) is 0 Å². The van der Waals surface area contributed by atoms with Gasteiger partial charge in [0.2, 0.25) is 5.91 Å². The largest absolute Gasteiger partial charge is 0.496 e. The van der Waals surface area contributed by atoms with Gasteiger partial charge in [0, 0.05) is 18.1 Å². The van der Waals surface area contributed by atoms with Crippen LogP contribution in [0.3, 0.4) is 0 Å². The van der Waals surface area contributed by atoms with Crippen molar-refractivity contribution in [1.82, 2.24) is 4.98 Å². The molecule has 2 rings (SSSR count). The van der Waals surface area contributed by atoms with E-state index in [9.17, 15) is 4.79 Å². The molecule has 6 heteroatoms. The summed E-state index contributed by atoms with van der Waals surface area (Å²) in [7, 11) is -0.411. The molecule has 2 N–H and O–H groups in total. The van der Waals surface area contributed by atoms with E-state index in [2.05, 4.69) is 4.98 Å². The first-order valence-corrected chi connectivity index (χ1v) is 6.98. The van der Waals surface area contributed by atoms with Gasteiger partial charge in [-0.2, -0.15) is 0 Å². The molecular formula is C15H21BN2O3. The van der Waals surface area contributed by atoms with Crippen LogP contribution in [-0.2, 0) is 14.1 Å². The molecule has 0 aromatic carbocycles. The summed E-state index contributed by atoms with van der Waals surface area (Å²) in [5.41, 5.74) is 5.98.